The van der Waals surface area contributed by atoms with Gasteiger partial charge in [0.05, 0.1) is 5.56 Å². The summed E-state index contributed by atoms with van der Waals surface area (Å²) in [7, 11) is 0. The average Bonchev–Trinajstić information content (AvgIpc) is 3.18. The first-order valence-electron chi connectivity index (χ1n) is 8.59. The molecule has 22 heavy (non-hydrogen) atoms. The van der Waals surface area contributed by atoms with Crippen molar-refractivity contribution in [1.29, 1.82) is 0 Å². The maximum Gasteiger partial charge on any atom is 0.256 e. The van der Waals surface area contributed by atoms with Crippen LogP contribution in [0.4, 0.5) is 5.69 Å². The molecule has 2 N–H and O–H groups in total. The van der Waals surface area contributed by atoms with Crippen LogP contribution < -0.4 is 10.6 Å². The van der Waals surface area contributed by atoms with Crippen molar-refractivity contribution < 1.29 is 4.79 Å². The molecule has 1 amide bonds. The SMILES string of the molecule is CCC[C@H]1CN(C(=O)c2ccccc2N2CCCC2)C[C@@H]1N. The van der Waals surface area contributed by atoms with Gasteiger partial charge >= 0.3 is 0 Å². The van der Waals surface area contributed by atoms with Crippen LogP contribution >= 0.6 is 0 Å². The number of likely N-dealkylation sites (tertiary alicyclic amines) is 1. The Balaban J connectivity index is 1.78. The highest BCUT2D eigenvalue weighted by molar-refractivity contribution is 6.00. The standard InChI is InChI=1S/C18H27N3O/c1-2-7-14-12-21(13-16(14)19)18(22)15-8-3-4-9-17(15)20-10-5-6-11-20/h3-4,8-9,14,16H,2,5-7,10-13,19H2,1H3/t14-,16-/m0/s1. The molecule has 0 bridgehead atoms. The lowest BCUT2D eigenvalue weighted by molar-refractivity contribution is 0.0786. The molecule has 4 nitrogen and oxygen atoms in total. The van der Waals surface area contributed by atoms with Gasteiger partial charge in [-0.3, -0.25) is 4.79 Å². The van der Waals surface area contributed by atoms with Gasteiger partial charge in [0.15, 0.2) is 0 Å². The maximum atomic E-state index is 13.0. The minimum Gasteiger partial charge on any atom is -0.371 e. The Kier molecular flexibility index (Phi) is 4.67. The van der Waals surface area contributed by atoms with E-state index < -0.39 is 0 Å². The van der Waals surface area contributed by atoms with Crippen molar-refractivity contribution in [3.05, 3.63) is 29.8 Å². The lowest BCUT2D eigenvalue weighted by Crippen LogP contribution is -2.33. The highest BCUT2D eigenvalue weighted by atomic mass is 16.2. The van der Waals surface area contributed by atoms with Crippen LogP contribution in [0.2, 0.25) is 0 Å². The van der Waals surface area contributed by atoms with Gasteiger partial charge in [-0.2, -0.15) is 0 Å². The first-order chi connectivity index (χ1) is 10.7. The second-order valence-corrected chi connectivity index (χ2v) is 6.63. The number of para-hydroxylation sites is 1. The smallest absolute Gasteiger partial charge is 0.256 e. The predicted octanol–water partition coefficient (Wildman–Crippen LogP) is 2.49. The predicted molar refractivity (Wildman–Crippen MR) is 90.2 cm³/mol. The van der Waals surface area contributed by atoms with Gasteiger partial charge < -0.3 is 15.5 Å². The van der Waals surface area contributed by atoms with Crippen LogP contribution in [0.25, 0.3) is 0 Å². The van der Waals surface area contributed by atoms with E-state index in [4.69, 9.17) is 5.73 Å². The van der Waals surface area contributed by atoms with E-state index in [0.717, 1.165) is 43.7 Å². The summed E-state index contributed by atoms with van der Waals surface area (Å²) < 4.78 is 0. The summed E-state index contributed by atoms with van der Waals surface area (Å²) in [6.45, 7) is 5.80. The van der Waals surface area contributed by atoms with Gasteiger partial charge in [0.2, 0.25) is 0 Å². The average molecular weight is 301 g/mol. The zero-order valence-electron chi connectivity index (χ0n) is 13.5. The van der Waals surface area contributed by atoms with Crippen LogP contribution in [-0.2, 0) is 0 Å². The fourth-order valence-electron chi connectivity index (χ4n) is 3.80. The Morgan fingerprint density at radius 1 is 1.23 bits per heavy atom. The van der Waals surface area contributed by atoms with Gasteiger partial charge in [0.1, 0.15) is 0 Å². The molecular formula is C18H27N3O. The molecule has 2 heterocycles. The first-order valence-corrected chi connectivity index (χ1v) is 8.59. The number of hydrogen-bond acceptors (Lipinski definition) is 3. The van der Waals surface area contributed by atoms with Crippen molar-refractivity contribution in [1.82, 2.24) is 4.90 Å². The van der Waals surface area contributed by atoms with Crippen molar-refractivity contribution in [3.63, 3.8) is 0 Å². The van der Waals surface area contributed by atoms with Crippen LogP contribution in [0.15, 0.2) is 24.3 Å². The summed E-state index contributed by atoms with van der Waals surface area (Å²) in [6, 6.07) is 8.17. The van der Waals surface area contributed by atoms with Gasteiger partial charge in [-0.15, -0.1) is 0 Å². The minimum atomic E-state index is 0.128. The number of rotatable bonds is 4. The zero-order valence-corrected chi connectivity index (χ0v) is 13.5. The number of hydrogen-bond donors (Lipinski definition) is 1. The fourth-order valence-corrected chi connectivity index (χ4v) is 3.80. The molecular weight excluding hydrogens is 274 g/mol. The maximum absolute atomic E-state index is 13.0. The van der Waals surface area contributed by atoms with Crippen molar-refractivity contribution >= 4 is 11.6 Å². The second-order valence-electron chi connectivity index (χ2n) is 6.63. The van der Waals surface area contributed by atoms with E-state index in [9.17, 15) is 4.79 Å². The van der Waals surface area contributed by atoms with Crippen LogP contribution in [0.5, 0.6) is 0 Å². The highest BCUT2D eigenvalue weighted by Gasteiger charge is 2.33. The van der Waals surface area contributed by atoms with E-state index in [2.05, 4.69) is 17.9 Å². The monoisotopic (exact) mass is 301 g/mol. The summed E-state index contributed by atoms with van der Waals surface area (Å²) in [5.41, 5.74) is 8.16. The molecule has 0 radical (unpaired) electrons. The number of carbonyl (C=O) groups is 1. The third-order valence-corrected chi connectivity index (χ3v) is 5.02. The van der Waals surface area contributed by atoms with Crippen LogP contribution in [0, 0.1) is 5.92 Å². The van der Waals surface area contributed by atoms with Crippen LogP contribution in [-0.4, -0.2) is 43.0 Å². The molecule has 1 aromatic carbocycles. The van der Waals surface area contributed by atoms with E-state index in [-0.39, 0.29) is 11.9 Å². The minimum absolute atomic E-state index is 0.128. The zero-order chi connectivity index (χ0) is 15.5. The Bertz CT molecular complexity index is 525. The number of carbonyl (C=O) groups excluding carboxylic acids is 1. The van der Waals surface area contributed by atoms with Crippen molar-refractivity contribution in [2.24, 2.45) is 11.7 Å². The van der Waals surface area contributed by atoms with E-state index in [0.29, 0.717) is 12.5 Å². The molecule has 120 valence electrons. The number of nitrogens with two attached hydrogens (primary N) is 1. The Morgan fingerprint density at radius 3 is 2.68 bits per heavy atom. The molecule has 2 fully saturated rings. The third kappa shape index (κ3) is 2.98. The Hall–Kier alpha value is -1.55. The largest absolute Gasteiger partial charge is 0.371 e. The van der Waals surface area contributed by atoms with Gasteiger partial charge in [-0.1, -0.05) is 25.5 Å². The van der Waals surface area contributed by atoms with E-state index in [1.165, 1.54) is 12.8 Å². The molecule has 3 rings (SSSR count). The summed E-state index contributed by atoms with van der Waals surface area (Å²) in [6.07, 6.45) is 4.68. The Morgan fingerprint density at radius 2 is 1.95 bits per heavy atom. The van der Waals surface area contributed by atoms with Crippen molar-refractivity contribution in [2.45, 2.75) is 38.6 Å². The first kappa shape index (κ1) is 15.3. The molecule has 4 heteroatoms. The molecule has 2 aliphatic heterocycles. The number of benzene rings is 1. The van der Waals surface area contributed by atoms with Crippen LogP contribution in [0.3, 0.4) is 0 Å². The van der Waals surface area contributed by atoms with E-state index in [1.54, 1.807) is 0 Å². The molecule has 0 saturated carbocycles. The van der Waals surface area contributed by atoms with E-state index >= 15 is 0 Å². The molecule has 2 saturated heterocycles. The molecule has 1 aromatic rings. The number of amides is 1. The van der Waals surface area contributed by atoms with Gasteiger partial charge in [-0.25, -0.2) is 0 Å². The third-order valence-electron chi connectivity index (χ3n) is 5.02. The molecule has 0 spiro atoms. The molecule has 0 unspecified atom stereocenters. The number of nitrogens with zero attached hydrogens (tertiary/aromatic N) is 2. The lowest BCUT2D eigenvalue weighted by atomic mass is 9.99. The Labute approximate surface area is 133 Å². The lowest BCUT2D eigenvalue weighted by Gasteiger charge is -2.24. The fraction of sp³-hybridized carbons (Fsp3) is 0.611. The summed E-state index contributed by atoms with van der Waals surface area (Å²) in [4.78, 5) is 17.3. The molecule has 0 aliphatic carbocycles. The van der Waals surface area contributed by atoms with Gasteiger partial charge in [0, 0.05) is 37.9 Å². The molecule has 2 aliphatic rings. The molecule has 2 atom stereocenters. The quantitative estimate of drug-likeness (QED) is 0.929. The normalized spacial score (nSPS) is 25.0. The van der Waals surface area contributed by atoms with Gasteiger partial charge in [0.25, 0.3) is 5.91 Å². The topological polar surface area (TPSA) is 49.6 Å². The van der Waals surface area contributed by atoms with Crippen molar-refractivity contribution in [2.75, 3.05) is 31.1 Å². The summed E-state index contributed by atoms with van der Waals surface area (Å²) in [5, 5.41) is 0. The summed E-state index contributed by atoms with van der Waals surface area (Å²) >= 11 is 0. The number of anilines is 1. The van der Waals surface area contributed by atoms with Crippen LogP contribution in [0.1, 0.15) is 43.0 Å². The molecule has 0 aromatic heterocycles. The van der Waals surface area contributed by atoms with E-state index in [1.807, 2.05) is 23.1 Å². The summed E-state index contributed by atoms with van der Waals surface area (Å²) in [5.74, 6) is 0.601. The van der Waals surface area contributed by atoms with Gasteiger partial charge in [-0.05, 0) is 37.3 Å². The second kappa shape index (κ2) is 6.69. The van der Waals surface area contributed by atoms with Crippen molar-refractivity contribution in [3.8, 4) is 0 Å². The highest BCUT2D eigenvalue weighted by Crippen LogP contribution is 2.28.